The van der Waals surface area contributed by atoms with Crippen molar-refractivity contribution in [3.63, 3.8) is 0 Å². The minimum absolute atomic E-state index is 0.265. The van der Waals surface area contributed by atoms with Gasteiger partial charge >= 0.3 is 5.97 Å². The van der Waals surface area contributed by atoms with Crippen molar-refractivity contribution in [2.24, 2.45) is 0 Å². The average molecular weight is 158 g/mol. The van der Waals surface area contributed by atoms with Gasteiger partial charge in [-0.2, -0.15) is 0 Å². The van der Waals surface area contributed by atoms with Crippen LogP contribution in [0.25, 0.3) is 0 Å². The molecule has 0 aliphatic carbocycles. The molecule has 0 bridgehead atoms. The van der Waals surface area contributed by atoms with E-state index in [0.29, 0.717) is 5.57 Å². The molecule has 0 amide bonds. The van der Waals surface area contributed by atoms with E-state index in [-0.39, 0.29) is 5.97 Å². The van der Waals surface area contributed by atoms with Crippen LogP contribution in [0.5, 0.6) is 0 Å². The van der Waals surface area contributed by atoms with Crippen molar-refractivity contribution < 1.29 is 9.22 Å². The fraction of sp³-hybridized carbons (Fsp3) is 0.571. The molecule has 0 aromatic rings. The van der Waals surface area contributed by atoms with Gasteiger partial charge in [-0.25, -0.2) is 4.79 Å². The number of rotatable bonds is 2. The van der Waals surface area contributed by atoms with Crippen molar-refractivity contribution in [3.8, 4) is 0 Å². The van der Waals surface area contributed by atoms with Gasteiger partial charge in [0.05, 0.1) is 0 Å². The molecule has 0 atom stereocenters. The van der Waals surface area contributed by atoms with E-state index in [0.717, 1.165) is 0 Å². The highest BCUT2D eigenvalue weighted by Gasteiger charge is 2.19. The Morgan fingerprint density at radius 2 is 1.80 bits per heavy atom. The highest BCUT2D eigenvalue weighted by molar-refractivity contribution is 6.71. The Hall–Kier alpha value is -0.573. The van der Waals surface area contributed by atoms with Gasteiger partial charge in [0.15, 0.2) is 0 Å². The molecule has 3 heteroatoms. The maximum absolute atomic E-state index is 10.9. The van der Waals surface area contributed by atoms with Crippen molar-refractivity contribution >= 4 is 14.3 Å². The molecule has 0 aromatic heterocycles. The first-order valence-electron chi connectivity index (χ1n) is 3.22. The quantitative estimate of drug-likeness (QED) is 0.453. The first kappa shape index (κ1) is 9.43. The molecule has 0 rings (SSSR count). The van der Waals surface area contributed by atoms with Gasteiger partial charge in [-0.3, -0.25) is 0 Å². The molecular weight excluding hydrogens is 144 g/mol. The van der Waals surface area contributed by atoms with E-state index < -0.39 is 8.32 Å². The van der Waals surface area contributed by atoms with E-state index in [9.17, 15) is 4.79 Å². The van der Waals surface area contributed by atoms with Crippen molar-refractivity contribution in [3.05, 3.63) is 12.2 Å². The molecule has 10 heavy (non-hydrogen) atoms. The van der Waals surface area contributed by atoms with Crippen LogP contribution in [-0.4, -0.2) is 14.3 Å². The van der Waals surface area contributed by atoms with Gasteiger partial charge in [0, 0.05) is 5.57 Å². The Balaban J connectivity index is 3.93. The van der Waals surface area contributed by atoms with E-state index >= 15 is 0 Å². The molecule has 0 aliphatic heterocycles. The molecule has 0 aromatic carbocycles. The summed E-state index contributed by atoms with van der Waals surface area (Å²) in [5.74, 6) is -0.265. The second kappa shape index (κ2) is 3.01. The van der Waals surface area contributed by atoms with Crippen LogP contribution in [0.3, 0.4) is 0 Å². The third kappa shape index (κ3) is 4.32. The molecule has 0 N–H and O–H groups in total. The monoisotopic (exact) mass is 158 g/mol. The van der Waals surface area contributed by atoms with E-state index in [4.69, 9.17) is 4.43 Å². The number of hydrogen-bond donors (Lipinski definition) is 0. The van der Waals surface area contributed by atoms with Crippen molar-refractivity contribution in [2.45, 2.75) is 26.6 Å². The van der Waals surface area contributed by atoms with Gasteiger partial charge in [-0.1, -0.05) is 6.58 Å². The summed E-state index contributed by atoms with van der Waals surface area (Å²) in [6, 6.07) is 0. The molecule has 0 aliphatic rings. The summed E-state index contributed by atoms with van der Waals surface area (Å²) in [6.45, 7) is 11.0. The van der Waals surface area contributed by atoms with Gasteiger partial charge in [0.1, 0.15) is 0 Å². The molecule has 58 valence electrons. The van der Waals surface area contributed by atoms with Crippen LogP contribution in [0.2, 0.25) is 19.6 Å². The lowest BCUT2D eigenvalue weighted by Gasteiger charge is -2.16. The molecular formula is C7H14O2Si. The maximum Gasteiger partial charge on any atom is 0.319 e. The number of hydrogen-bond acceptors (Lipinski definition) is 2. The van der Waals surface area contributed by atoms with E-state index in [1.807, 2.05) is 19.6 Å². The minimum atomic E-state index is -1.69. The number of carbonyl (C=O) groups is 1. The summed E-state index contributed by atoms with van der Waals surface area (Å²) in [7, 11) is -1.69. The Bertz CT molecular complexity index is 155. The molecule has 0 radical (unpaired) electrons. The third-order valence-corrected chi connectivity index (χ3v) is 1.55. The molecule has 0 saturated heterocycles. The maximum atomic E-state index is 10.9. The van der Waals surface area contributed by atoms with Gasteiger partial charge in [-0.15, -0.1) is 0 Å². The molecule has 0 fully saturated rings. The zero-order valence-corrected chi connectivity index (χ0v) is 8.02. The second-order valence-corrected chi connectivity index (χ2v) is 7.71. The molecule has 2 nitrogen and oxygen atoms in total. The van der Waals surface area contributed by atoms with Gasteiger partial charge in [0.25, 0.3) is 0 Å². The normalized spacial score (nSPS) is 10.8. The van der Waals surface area contributed by atoms with Crippen LogP contribution in [0.15, 0.2) is 12.2 Å². The summed E-state index contributed by atoms with van der Waals surface area (Å²) < 4.78 is 5.10. The lowest BCUT2D eigenvalue weighted by Crippen LogP contribution is -2.29. The smallest absolute Gasteiger partial charge is 0.319 e. The Morgan fingerprint density at radius 3 is 1.90 bits per heavy atom. The highest BCUT2D eigenvalue weighted by atomic mass is 28.4. The molecule has 0 unspecified atom stereocenters. The summed E-state index contributed by atoms with van der Waals surface area (Å²) in [5, 5.41) is 0. The Morgan fingerprint density at radius 1 is 1.40 bits per heavy atom. The fourth-order valence-corrected chi connectivity index (χ4v) is 1.10. The summed E-state index contributed by atoms with van der Waals surface area (Å²) in [4.78, 5) is 10.9. The summed E-state index contributed by atoms with van der Waals surface area (Å²) >= 11 is 0. The zero-order valence-electron chi connectivity index (χ0n) is 7.02. The Kier molecular flexibility index (Phi) is 2.84. The van der Waals surface area contributed by atoms with Crippen molar-refractivity contribution in [2.75, 3.05) is 0 Å². The van der Waals surface area contributed by atoms with Crippen LogP contribution < -0.4 is 0 Å². The zero-order chi connectivity index (χ0) is 8.36. The second-order valence-electron chi connectivity index (χ2n) is 3.28. The average Bonchev–Trinajstić information content (AvgIpc) is 1.60. The van der Waals surface area contributed by atoms with E-state index in [2.05, 4.69) is 6.58 Å². The minimum Gasteiger partial charge on any atom is -0.517 e. The van der Waals surface area contributed by atoms with E-state index in [1.165, 1.54) is 0 Å². The van der Waals surface area contributed by atoms with Crippen molar-refractivity contribution in [1.82, 2.24) is 0 Å². The first-order valence-corrected chi connectivity index (χ1v) is 6.62. The lowest BCUT2D eigenvalue weighted by molar-refractivity contribution is -0.130. The lowest BCUT2D eigenvalue weighted by atomic mass is 10.4. The predicted molar refractivity (Wildman–Crippen MR) is 44.3 cm³/mol. The third-order valence-electron chi connectivity index (χ3n) is 0.747. The Labute approximate surface area is 63.0 Å². The first-order chi connectivity index (χ1) is 4.33. The summed E-state index contributed by atoms with van der Waals surface area (Å²) in [5.41, 5.74) is 0.474. The van der Waals surface area contributed by atoms with Crippen LogP contribution >= 0.6 is 0 Å². The number of carbonyl (C=O) groups excluding carboxylic acids is 1. The predicted octanol–water partition coefficient (Wildman–Crippen LogP) is 1.94. The standard InChI is InChI=1S/C7H14O2Si/c1-6(2)7(8)9-10(3,4)5/h1H2,2-5H3. The van der Waals surface area contributed by atoms with Gasteiger partial charge < -0.3 is 4.43 Å². The van der Waals surface area contributed by atoms with Gasteiger partial charge in [0.2, 0.25) is 8.32 Å². The van der Waals surface area contributed by atoms with Crippen LogP contribution in [0.1, 0.15) is 6.92 Å². The SMILES string of the molecule is C=C(C)C(=O)O[Si](C)(C)C. The molecule has 0 spiro atoms. The highest BCUT2D eigenvalue weighted by Crippen LogP contribution is 2.05. The van der Waals surface area contributed by atoms with Crippen LogP contribution in [0, 0.1) is 0 Å². The summed E-state index contributed by atoms with van der Waals surface area (Å²) in [6.07, 6.45) is 0. The largest absolute Gasteiger partial charge is 0.517 e. The fourth-order valence-electron chi connectivity index (χ4n) is 0.365. The molecule has 0 heterocycles. The van der Waals surface area contributed by atoms with Crippen LogP contribution in [-0.2, 0) is 9.22 Å². The van der Waals surface area contributed by atoms with E-state index in [1.54, 1.807) is 6.92 Å². The topological polar surface area (TPSA) is 26.3 Å². The van der Waals surface area contributed by atoms with Gasteiger partial charge in [-0.05, 0) is 26.6 Å². The molecule has 0 saturated carbocycles. The van der Waals surface area contributed by atoms with Crippen molar-refractivity contribution in [1.29, 1.82) is 0 Å². The van der Waals surface area contributed by atoms with Crippen LogP contribution in [0.4, 0.5) is 0 Å².